The van der Waals surface area contributed by atoms with Gasteiger partial charge in [0.2, 0.25) is 5.91 Å². The van der Waals surface area contributed by atoms with Gasteiger partial charge in [-0.1, -0.05) is 48.0 Å². The number of hydrogen-bond acceptors (Lipinski definition) is 3. The largest absolute Gasteiger partial charge is 0.496 e. The molecule has 5 nitrogen and oxygen atoms in total. The molecule has 1 amide bonds. The van der Waals surface area contributed by atoms with Crippen molar-refractivity contribution in [3.8, 4) is 5.75 Å². The average Bonchev–Trinajstić information content (AvgIpc) is 2.55. The molecule has 0 aliphatic heterocycles. The highest BCUT2D eigenvalue weighted by atomic mass is 16.5. The molecule has 0 saturated carbocycles. The van der Waals surface area contributed by atoms with Crippen LogP contribution in [0.25, 0.3) is 0 Å². The molecule has 1 unspecified atom stereocenters. The van der Waals surface area contributed by atoms with Gasteiger partial charge in [0, 0.05) is 12.0 Å². The van der Waals surface area contributed by atoms with Gasteiger partial charge in [-0.15, -0.1) is 0 Å². The number of carboxylic acids is 1. The van der Waals surface area contributed by atoms with E-state index < -0.39 is 12.0 Å². The van der Waals surface area contributed by atoms with Crippen LogP contribution in [0.1, 0.15) is 16.7 Å². The van der Waals surface area contributed by atoms with Crippen LogP contribution in [0.4, 0.5) is 0 Å². The third-order valence-electron chi connectivity index (χ3n) is 3.70. The van der Waals surface area contributed by atoms with Crippen molar-refractivity contribution in [3.63, 3.8) is 0 Å². The Kier molecular flexibility index (Phi) is 5.95. The maximum absolute atomic E-state index is 12.3. The van der Waals surface area contributed by atoms with Gasteiger partial charge < -0.3 is 15.2 Å². The third kappa shape index (κ3) is 4.84. The topological polar surface area (TPSA) is 75.6 Å². The number of rotatable bonds is 7. The van der Waals surface area contributed by atoms with E-state index in [9.17, 15) is 14.7 Å². The van der Waals surface area contributed by atoms with Crippen molar-refractivity contribution in [3.05, 3.63) is 65.2 Å². The second-order valence-corrected chi connectivity index (χ2v) is 5.64. The van der Waals surface area contributed by atoms with Gasteiger partial charge in [-0.2, -0.15) is 0 Å². The van der Waals surface area contributed by atoms with Gasteiger partial charge in [0.25, 0.3) is 0 Å². The van der Waals surface area contributed by atoms with E-state index in [0.29, 0.717) is 5.75 Å². The molecule has 2 rings (SSSR count). The molecule has 0 saturated heterocycles. The maximum Gasteiger partial charge on any atom is 0.326 e. The summed E-state index contributed by atoms with van der Waals surface area (Å²) in [5.41, 5.74) is 2.61. The molecule has 2 aromatic rings. The molecule has 0 aromatic heterocycles. The highest BCUT2D eigenvalue weighted by molar-refractivity contribution is 5.85. The van der Waals surface area contributed by atoms with Gasteiger partial charge in [0.15, 0.2) is 0 Å². The monoisotopic (exact) mass is 327 g/mol. The average molecular weight is 327 g/mol. The molecular formula is C19H21NO4. The van der Waals surface area contributed by atoms with Crippen LogP contribution in [-0.2, 0) is 22.4 Å². The minimum atomic E-state index is -1.05. The lowest BCUT2D eigenvalue weighted by atomic mass is 10.0. The van der Waals surface area contributed by atoms with E-state index in [1.165, 1.54) is 0 Å². The highest BCUT2D eigenvalue weighted by Crippen LogP contribution is 2.20. The summed E-state index contributed by atoms with van der Waals surface area (Å²) in [6, 6.07) is 13.8. The Morgan fingerprint density at radius 1 is 1.17 bits per heavy atom. The summed E-state index contributed by atoms with van der Waals surface area (Å²) < 4.78 is 5.25. The lowest BCUT2D eigenvalue weighted by molar-refractivity contribution is -0.141. The van der Waals surface area contributed by atoms with Crippen molar-refractivity contribution < 1.29 is 19.4 Å². The Hall–Kier alpha value is -2.82. The molecule has 0 bridgehead atoms. The number of nitrogens with one attached hydrogen (secondary N) is 1. The summed E-state index contributed by atoms with van der Waals surface area (Å²) in [4.78, 5) is 23.7. The number of carbonyl (C=O) groups is 2. The van der Waals surface area contributed by atoms with Crippen LogP contribution in [0.3, 0.4) is 0 Å². The first kappa shape index (κ1) is 17.5. The number of aliphatic carboxylic acids is 1. The predicted octanol–water partition coefficient (Wildman–Crippen LogP) is 2.36. The van der Waals surface area contributed by atoms with Crippen LogP contribution >= 0.6 is 0 Å². The Morgan fingerprint density at radius 3 is 2.50 bits per heavy atom. The number of carboxylic acid groups (broad SMARTS) is 1. The number of methoxy groups -OCH3 is 1. The summed E-state index contributed by atoms with van der Waals surface area (Å²) in [6.07, 6.45) is 0.316. The van der Waals surface area contributed by atoms with E-state index in [2.05, 4.69) is 5.32 Å². The lowest BCUT2D eigenvalue weighted by Gasteiger charge is -2.15. The molecule has 0 spiro atoms. The molecule has 2 N–H and O–H groups in total. The molecule has 24 heavy (non-hydrogen) atoms. The van der Waals surface area contributed by atoms with Crippen LogP contribution < -0.4 is 10.1 Å². The van der Waals surface area contributed by atoms with Crippen LogP contribution in [-0.4, -0.2) is 30.1 Å². The highest BCUT2D eigenvalue weighted by Gasteiger charge is 2.21. The molecule has 0 aliphatic carbocycles. The van der Waals surface area contributed by atoms with Gasteiger partial charge in [0.05, 0.1) is 13.5 Å². The normalized spacial score (nSPS) is 11.6. The summed E-state index contributed by atoms with van der Waals surface area (Å²) in [5, 5.41) is 11.9. The Morgan fingerprint density at radius 2 is 1.88 bits per heavy atom. The predicted molar refractivity (Wildman–Crippen MR) is 91.1 cm³/mol. The molecular weight excluding hydrogens is 306 g/mol. The SMILES string of the molecule is COc1ccc(C)cc1CC(=O)NC(Cc1ccccc1)C(=O)O. The Labute approximate surface area is 141 Å². The fourth-order valence-corrected chi connectivity index (χ4v) is 2.51. The molecule has 0 radical (unpaired) electrons. The quantitative estimate of drug-likeness (QED) is 0.818. The van der Waals surface area contributed by atoms with Gasteiger partial charge in [0.1, 0.15) is 11.8 Å². The van der Waals surface area contributed by atoms with Crippen LogP contribution in [0.2, 0.25) is 0 Å². The summed E-state index contributed by atoms with van der Waals surface area (Å²) >= 11 is 0. The van der Waals surface area contributed by atoms with Gasteiger partial charge in [-0.25, -0.2) is 4.79 Å². The maximum atomic E-state index is 12.3. The van der Waals surface area contributed by atoms with E-state index in [1.807, 2.05) is 49.4 Å². The number of amides is 1. The smallest absolute Gasteiger partial charge is 0.326 e. The van der Waals surface area contributed by atoms with Gasteiger partial charge in [-0.05, 0) is 18.6 Å². The number of carbonyl (C=O) groups excluding carboxylic acids is 1. The van der Waals surface area contributed by atoms with Gasteiger partial charge >= 0.3 is 5.97 Å². The first-order valence-electron chi connectivity index (χ1n) is 7.69. The van der Waals surface area contributed by atoms with Crippen LogP contribution in [0.5, 0.6) is 5.75 Å². The second-order valence-electron chi connectivity index (χ2n) is 5.64. The van der Waals surface area contributed by atoms with Crippen molar-refractivity contribution >= 4 is 11.9 Å². The Bertz CT molecular complexity index is 713. The molecule has 0 aliphatic rings. The zero-order valence-electron chi connectivity index (χ0n) is 13.8. The fourth-order valence-electron chi connectivity index (χ4n) is 2.51. The van der Waals surface area contributed by atoms with E-state index >= 15 is 0 Å². The molecule has 5 heteroatoms. The Balaban J connectivity index is 2.06. The van der Waals surface area contributed by atoms with E-state index in [1.54, 1.807) is 13.2 Å². The molecule has 0 fully saturated rings. The molecule has 1 atom stereocenters. The third-order valence-corrected chi connectivity index (χ3v) is 3.70. The van der Waals surface area contributed by atoms with E-state index in [-0.39, 0.29) is 18.7 Å². The first-order chi connectivity index (χ1) is 11.5. The first-order valence-corrected chi connectivity index (χ1v) is 7.69. The number of aryl methyl sites for hydroxylation is 1. The zero-order valence-corrected chi connectivity index (χ0v) is 13.8. The zero-order chi connectivity index (χ0) is 17.5. The summed E-state index contributed by atoms with van der Waals surface area (Å²) in [6.45, 7) is 1.93. The van der Waals surface area contributed by atoms with E-state index in [0.717, 1.165) is 16.7 Å². The summed E-state index contributed by atoms with van der Waals surface area (Å²) in [5.74, 6) is -0.781. The van der Waals surface area contributed by atoms with E-state index in [4.69, 9.17) is 4.74 Å². The van der Waals surface area contributed by atoms with Crippen molar-refractivity contribution in [2.45, 2.75) is 25.8 Å². The number of ether oxygens (including phenoxy) is 1. The van der Waals surface area contributed by atoms with Crippen LogP contribution in [0.15, 0.2) is 48.5 Å². The minimum absolute atomic E-state index is 0.0728. The second kappa shape index (κ2) is 8.15. The minimum Gasteiger partial charge on any atom is -0.496 e. The van der Waals surface area contributed by atoms with Crippen molar-refractivity contribution in [1.29, 1.82) is 0 Å². The van der Waals surface area contributed by atoms with Crippen molar-refractivity contribution in [1.82, 2.24) is 5.32 Å². The molecule has 126 valence electrons. The fraction of sp³-hybridized carbons (Fsp3) is 0.263. The van der Waals surface area contributed by atoms with Crippen LogP contribution in [0, 0.1) is 6.92 Å². The van der Waals surface area contributed by atoms with Crippen molar-refractivity contribution in [2.24, 2.45) is 0 Å². The molecule has 0 heterocycles. The van der Waals surface area contributed by atoms with Crippen molar-refractivity contribution in [2.75, 3.05) is 7.11 Å². The standard InChI is InChI=1S/C19H21NO4/c1-13-8-9-17(24-2)15(10-13)12-18(21)20-16(19(22)23)11-14-6-4-3-5-7-14/h3-10,16H,11-12H2,1-2H3,(H,20,21)(H,22,23). The van der Waals surface area contributed by atoms with Gasteiger partial charge in [-0.3, -0.25) is 4.79 Å². The lowest BCUT2D eigenvalue weighted by Crippen LogP contribution is -2.43. The summed E-state index contributed by atoms with van der Waals surface area (Å²) in [7, 11) is 1.54. The number of benzene rings is 2. The number of hydrogen-bond donors (Lipinski definition) is 2. The molecule has 2 aromatic carbocycles.